The molecule has 1 aromatic heterocycles. The largest absolute Gasteiger partial charge is 0.475 e. The third kappa shape index (κ3) is 1.39. The zero-order valence-electron chi connectivity index (χ0n) is 7.91. The molecule has 14 heavy (non-hydrogen) atoms. The van der Waals surface area contributed by atoms with Gasteiger partial charge in [-0.2, -0.15) is 0 Å². The highest BCUT2D eigenvalue weighted by molar-refractivity contribution is 5.86. The van der Waals surface area contributed by atoms with Crippen LogP contribution in [-0.4, -0.2) is 29.3 Å². The Morgan fingerprint density at radius 3 is 3.07 bits per heavy atom. The smallest absolute Gasteiger partial charge is 0.375 e. The molecule has 1 saturated heterocycles. The predicted octanol–water partition coefficient (Wildman–Crippen LogP) is 0.758. The van der Waals surface area contributed by atoms with Crippen LogP contribution in [0.25, 0.3) is 0 Å². The van der Waals surface area contributed by atoms with Crippen LogP contribution in [0.4, 0.5) is 0 Å². The Balaban J connectivity index is 2.38. The fourth-order valence-electron chi connectivity index (χ4n) is 1.91. The summed E-state index contributed by atoms with van der Waals surface area (Å²) in [6, 6.07) is 0. The van der Waals surface area contributed by atoms with Gasteiger partial charge in [0.25, 0.3) is 0 Å². The lowest BCUT2D eigenvalue weighted by molar-refractivity contribution is 0.0649. The summed E-state index contributed by atoms with van der Waals surface area (Å²) in [7, 11) is 0. The van der Waals surface area contributed by atoms with Gasteiger partial charge in [0, 0.05) is 18.0 Å². The molecule has 1 fully saturated rings. The maximum Gasteiger partial charge on any atom is 0.375 e. The Morgan fingerprint density at radius 2 is 2.50 bits per heavy atom. The Bertz CT molecular complexity index is 353. The van der Waals surface area contributed by atoms with Crippen LogP contribution in [0, 0.1) is 6.92 Å². The third-order valence-electron chi connectivity index (χ3n) is 2.57. The quantitative estimate of drug-likeness (QED) is 0.730. The van der Waals surface area contributed by atoms with E-state index in [4.69, 9.17) is 9.63 Å². The van der Waals surface area contributed by atoms with E-state index in [2.05, 4.69) is 10.5 Å². The number of carboxylic acids is 1. The average Bonchev–Trinajstić information content (AvgIpc) is 2.71. The van der Waals surface area contributed by atoms with Crippen molar-refractivity contribution in [3.05, 3.63) is 17.0 Å². The monoisotopic (exact) mass is 196 g/mol. The summed E-state index contributed by atoms with van der Waals surface area (Å²) in [5.41, 5.74) is 1.44. The van der Waals surface area contributed by atoms with E-state index < -0.39 is 5.97 Å². The summed E-state index contributed by atoms with van der Waals surface area (Å²) >= 11 is 0. The first-order valence-electron chi connectivity index (χ1n) is 4.60. The summed E-state index contributed by atoms with van der Waals surface area (Å²) in [4.78, 5) is 10.8. The molecule has 0 spiro atoms. The molecule has 0 aliphatic carbocycles. The molecule has 0 radical (unpaired) electrons. The summed E-state index contributed by atoms with van der Waals surface area (Å²) in [5, 5.41) is 15.8. The van der Waals surface area contributed by atoms with E-state index in [1.54, 1.807) is 6.92 Å². The predicted molar refractivity (Wildman–Crippen MR) is 48.4 cm³/mol. The van der Waals surface area contributed by atoms with Gasteiger partial charge in [-0.25, -0.2) is 4.79 Å². The highest BCUT2D eigenvalue weighted by atomic mass is 16.5. The molecule has 0 aromatic carbocycles. The molecule has 76 valence electrons. The molecule has 0 saturated carbocycles. The Hall–Kier alpha value is -1.36. The Morgan fingerprint density at radius 1 is 1.71 bits per heavy atom. The van der Waals surface area contributed by atoms with Crippen LogP contribution in [-0.2, 0) is 0 Å². The van der Waals surface area contributed by atoms with Gasteiger partial charge in [-0.05, 0) is 19.9 Å². The fraction of sp³-hybridized carbons (Fsp3) is 0.556. The van der Waals surface area contributed by atoms with Crippen LogP contribution < -0.4 is 5.32 Å². The van der Waals surface area contributed by atoms with Crippen LogP contribution in [0.15, 0.2) is 4.52 Å². The minimum atomic E-state index is -1.03. The van der Waals surface area contributed by atoms with E-state index in [0.29, 0.717) is 5.69 Å². The zero-order chi connectivity index (χ0) is 10.1. The van der Waals surface area contributed by atoms with Gasteiger partial charge in [-0.15, -0.1) is 0 Å². The van der Waals surface area contributed by atoms with E-state index >= 15 is 0 Å². The number of aromatic carboxylic acids is 1. The standard InChI is InChI=1S/C9H12N2O3/c1-5-7(6-2-3-10-4-6)8(9(12)13)14-11-5/h6,10H,2-4H2,1H3,(H,12,13). The highest BCUT2D eigenvalue weighted by Crippen LogP contribution is 2.28. The number of nitrogens with zero attached hydrogens (tertiary/aromatic N) is 1. The second-order valence-electron chi connectivity index (χ2n) is 3.51. The van der Waals surface area contributed by atoms with E-state index in [-0.39, 0.29) is 11.7 Å². The van der Waals surface area contributed by atoms with Crippen molar-refractivity contribution >= 4 is 5.97 Å². The van der Waals surface area contributed by atoms with Crippen LogP contribution in [0.5, 0.6) is 0 Å². The van der Waals surface area contributed by atoms with Gasteiger partial charge >= 0.3 is 5.97 Å². The lowest BCUT2D eigenvalue weighted by atomic mass is 9.96. The minimum absolute atomic E-state index is 0.00352. The van der Waals surface area contributed by atoms with Crippen molar-refractivity contribution in [1.29, 1.82) is 0 Å². The molecular weight excluding hydrogens is 184 g/mol. The first-order chi connectivity index (χ1) is 6.70. The van der Waals surface area contributed by atoms with E-state index in [1.807, 2.05) is 0 Å². The van der Waals surface area contributed by atoms with Gasteiger partial charge in [-0.1, -0.05) is 5.16 Å². The van der Waals surface area contributed by atoms with Crippen molar-refractivity contribution in [1.82, 2.24) is 10.5 Å². The topological polar surface area (TPSA) is 75.4 Å². The van der Waals surface area contributed by atoms with Gasteiger partial charge in [0.05, 0.1) is 5.69 Å². The number of nitrogens with one attached hydrogen (secondary N) is 1. The van der Waals surface area contributed by atoms with Crippen molar-refractivity contribution in [3.8, 4) is 0 Å². The van der Waals surface area contributed by atoms with Crippen LogP contribution in [0.3, 0.4) is 0 Å². The molecule has 5 heteroatoms. The number of aryl methyl sites for hydroxylation is 1. The molecule has 0 bridgehead atoms. The van der Waals surface area contributed by atoms with E-state index in [1.165, 1.54) is 0 Å². The van der Waals surface area contributed by atoms with Gasteiger partial charge in [0.2, 0.25) is 5.76 Å². The second kappa shape index (κ2) is 3.42. The molecule has 2 rings (SSSR count). The Labute approximate surface area is 81.1 Å². The zero-order valence-corrected chi connectivity index (χ0v) is 7.91. The number of hydrogen-bond acceptors (Lipinski definition) is 4. The Kier molecular flexibility index (Phi) is 2.25. The van der Waals surface area contributed by atoms with Crippen molar-refractivity contribution < 1.29 is 14.4 Å². The third-order valence-corrected chi connectivity index (χ3v) is 2.57. The number of hydrogen-bond donors (Lipinski definition) is 2. The van der Waals surface area contributed by atoms with Gasteiger partial charge in [0.15, 0.2) is 0 Å². The SMILES string of the molecule is Cc1noc(C(=O)O)c1C1CCNC1. The molecule has 2 N–H and O–H groups in total. The number of rotatable bonds is 2. The molecule has 5 nitrogen and oxygen atoms in total. The number of carboxylic acid groups (broad SMARTS) is 1. The van der Waals surface area contributed by atoms with E-state index in [9.17, 15) is 4.79 Å². The molecule has 0 amide bonds. The molecule has 2 heterocycles. The number of aromatic nitrogens is 1. The minimum Gasteiger partial charge on any atom is -0.475 e. The summed E-state index contributed by atoms with van der Waals surface area (Å²) in [6.07, 6.45) is 0.947. The van der Waals surface area contributed by atoms with Crippen molar-refractivity contribution in [2.45, 2.75) is 19.3 Å². The molecule has 1 atom stereocenters. The molecule has 1 aromatic rings. The van der Waals surface area contributed by atoms with Gasteiger partial charge < -0.3 is 14.9 Å². The normalized spacial score (nSPS) is 21.4. The fourth-order valence-corrected chi connectivity index (χ4v) is 1.91. The van der Waals surface area contributed by atoms with Crippen molar-refractivity contribution in [3.63, 3.8) is 0 Å². The molecule has 1 unspecified atom stereocenters. The number of carbonyl (C=O) groups is 1. The maximum atomic E-state index is 10.8. The summed E-state index contributed by atoms with van der Waals surface area (Å²) in [5.74, 6) is -0.809. The molecule has 1 aliphatic rings. The molecular formula is C9H12N2O3. The highest BCUT2D eigenvalue weighted by Gasteiger charge is 2.28. The van der Waals surface area contributed by atoms with Crippen LogP contribution >= 0.6 is 0 Å². The maximum absolute atomic E-state index is 10.8. The van der Waals surface area contributed by atoms with Crippen molar-refractivity contribution in [2.75, 3.05) is 13.1 Å². The summed E-state index contributed by atoms with van der Waals surface area (Å²) in [6.45, 7) is 3.51. The lowest BCUT2D eigenvalue weighted by Crippen LogP contribution is -2.10. The van der Waals surface area contributed by atoms with Gasteiger partial charge in [0.1, 0.15) is 0 Å². The van der Waals surface area contributed by atoms with E-state index in [0.717, 1.165) is 25.1 Å². The lowest BCUT2D eigenvalue weighted by Gasteiger charge is -2.06. The van der Waals surface area contributed by atoms with Crippen LogP contribution in [0.2, 0.25) is 0 Å². The molecule has 1 aliphatic heterocycles. The first-order valence-corrected chi connectivity index (χ1v) is 4.60. The first kappa shape index (κ1) is 9.21. The average molecular weight is 196 g/mol. The second-order valence-corrected chi connectivity index (χ2v) is 3.51. The van der Waals surface area contributed by atoms with Crippen LogP contribution in [0.1, 0.15) is 34.2 Å². The summed E-state index contributed by atoms with van der Waals surface area (Å²) < 4.78 is 4.79. The van der Waals surface area contributed by atoms with Crippen molar-refractivity contribution in [2.24, 2.45) is 0 Å². The van der Waals surface area contributed by atoms with Gasteiger partial charge in [-0.3, -0.25) is 0 Å².